The van der Waals surface area contributed by atoms with Crippen LogP contribution in [0.3, 0.4) is 0 Å². The van der Waals surface area contributed by atoms with Gasteiger partial charge in [0.05, 0.1) is 17.7 Å². The van der Waals surface area contributed by atoms with E-state index in [-0.39, 0.29) is 17.3 Å². The molecule has 3 aromatic carbocycles. The number of halogens is 1. The molecule has 1 N–H and O–H groups in total. The number of rotatable bonds is 12. The van der Waals surface area contributed by atoms with Crippen LogP contribution in [0.15, 0.2) is 88.2 Å². The number of amides is 2. The third kappa shape index (κ3) is 7.35. The second-order valence-electron chi connectivity index (χ2n) is 8.64. The van der Waals surface area contributed by atoms with Crippen molar-refractivity contribution in [1.29, 1.82) is 0 Å². The van der Waals surface area contributed by atoms with Crippen LogP contribution in [0.1, 0.15) is 25.8 Å². The monoisotopic (exact) mass is 601 g/mol. The van der Waals surface area contributed by atoms with Gasteiger partial charge in [0.1, 0.15) is 18.3 Å². The molecule has 38 heavy (non-hydrogen) atoms. The van der Waals surface area contributed by atoms with Crippen molar-refractivity contribution >= 4 is 43.5 Å². The number of hydrogen-bond acceptors (Lipinski definition) is 5. The summed E-state index contributed by atoms with van der Waals surface area (Å²) >= 11 is 3.41. The van der Waals surface area contributed by atoms with Crippen molar-refractivity contribution in [3.63, 3.8) is 0 Å². The summed E-state index contributed by atoms with van der Waals surface area (Å²) in [4.78, 5) is 28.2. The van der Waals surface area contributed by atoms with Gasteiger partial charge in [0.25, 0.3) is 10.0 Å². The zero-order valence-electron chi connectivity index (χ0n) is 21.6. The van der Waals surface area contributed by atoms with Crippen LogP contribution in [0.4, 0.5) is 5.69 Å². The van der Waals surface area contributed by atoms with E-state index in [0.29, 0.717) is 18.0 Å². The summed E-state index contributed by atoms with van der Waals surface area (Å²) in [5.41, 5.74) is 1.10. The first-order chi connectivity index (χ1) is 18.2. The maximum Gasteiger partial charge on any atom is 0.264 e. The molecule has 10 heteroatoms. The van der Waals surface area contributed by atoms with Gasteiger partial charge in [-0.05, 0) is 67.4 Å². The molecule has 0 radical (unpaired) electrons. The van der Waals surface area contributed by atoms with Crippen molar-refractivity contribution in [2.24, 2.45) is 0 Å². The van der Waals surface area contributed by atoms with Crippen molar-refractivity contribution in [2.45, 2.75) is 37.8 Å². The summed E-state index contributed by atoms with van der Waals surface area (Å²) in [6, 6.07) is 21.0. The molecule has 0 aliphatic heterocycles. The second kappa shape index (κ2) is 13.4. The van der Waals surface area contributed by atoms with Crippen LogP contribution in [0, 0.1) is 0 Å². The molecule has 0 aliphatic carbocycles. The highest BCUT2D eigenvalue weighted by Gasteiger charge is 2.32. The van der Waals surface area contributed by atoms with E-state index >= 15 is 0 Å². The molecule has 0 saturated heterocycles. The Labute approximate surface area is 232 Å². The lowest BCUT2D eigenvalue weighted by molar-refractivity contribution is -0.139. The summed E-state index contributed by atoms with van der Waals surface area (Å²) < 4.78 is 34.6. The molecule has 3 rings (SSSR count). The third-order valence-corrected chi connectivity index (χ3v) is 8.27. The lowest BCUT2D eigenvalue weighted by Crippen LogP contribution is -2.51. The van der Waals surface area contributed by atoms with Crippen LogP contribution >= 0.6 is 15.9 Å². The van der Waals surface area contributed by atoms with Crippen LogP contribution in [-0.4, -0.2) is 51.4 Å². The maximum atomic E-state index is 13.8. The normalized spacial score (nSPS) is 11.9. The smallest absolute Gasteiger partial charge is 0.264 e. The van der Waals surface area contributed by atoms with E-state index < -0.39 is 28.5 Å². The molecule has 3 aromatic rings. The highest BCUT2D eigenvalue weighted by molar-refractivity contribution is 9.10. The van der Waals surface area contributed by atoms with E-state index in [1.807, 2.05) is 31.2 Å². The Bertz CT molecular complexity index is 1320. The summed E-state index contributed by atoms with van der Waals surface area (Å²) in [6.07, 6.45) is 0.750. The van der Waals surface area contributed by atoms with Gasteiger partial charge in [-0.2, -0.15) is 0 Å². The number of sulfonamides is 1. The number of benzene rings is 3. The van der Waals surface area contributed by atoms with Gasteiger partial charge in [-0.25, -0.2) is 8.42 Å². The van der Waals surface area contributed by atoms with Gasteiger partial charge in [0.15, 0.2) is 0 Å². The largest absolute Gasteiger partial charge is 0.497 e. The number of ether oxygens (including phenoxy) is 1. The first-order valence-corrected chi connectivity index (χ1v) is 14.4. The Morgan fingerprint density at radius 2 is 1.61 bits per heavy atom. The van der Waals surface area contributed by atoms with E-state index in [1.54, 1.807) is 49.4 Å². The molecule has 2 amide bonds. The summed E-state index contributed by atoms with van der Waals surface area (Å²) in [6.45, 7) is 3.70. The average Bonchev–Trinajstić information content (AvgIpc) is 2.94. The van der Waals surface area contributed by atoms with Crippen LogP contribution in [0.5, 0.6) is 5.75 Å². The van der Waals surface area contributed by atoms with E-state index in [2.05, 4.69) is 21.2 Å². The zero-order chi connectivity index (χ0) is 27.7. The molecule has 1 atom stereocenters. The minimum Gasteiger partial charge on any atom is -0.497 e. The Morgan fingerprint density at radius 1 is 0.974 bits per heavy atom. The quantitative estimate of drug-likeness (QED) is 0.327. The number of hydrogen-bond donors (Lipinski definition) is 1. The van der Waals surface area contributed by atoms with Gasteiger partial charge in [0.2, 0.25) is 11.8 Å². The molecule has 0 saturated carbocycles. The Balaban J connectivity index is 2.00. The fraction of sp³-hybridized carbons (Fsp3) is 0.286. The summed E-state index contributed by atoms with van der Waals surface area (Å²) in [5.74, 6) is -0.267. The predicted molar refractivity (Wildman–Crippen MR) is 151 cm³/mol. The van der Waals surface area contributed by atoms with E-state index in [1.165, 1.54) is 24.1 Å². The molecule has 0 fully saturated rings. The molecule has 1 unspecified atom stereocenters. The van der Waals surface area contributed by atoms with Crippen molar-refractivity contribution in [3.05, 3.63) is 88.9 Å². The number of methoxy groups -OCH3 is 1. The van der Waals surface area contributed by atoms with Crippen LogP contribution in [0.25, 0.3) is 0 Å². The van der Waals surface area contributed by atoms with E-state index in [4.69, 9.17) is 4.74 Å². The van der Waals surface area contributed by atoms with Gasteiger partial charge < -0.3 is 15.0 Å². The number of nitrogens with one attached hydrogen (secondary N) is 1. The molecule has 0 bridgehead atoms. The number of carbonyl (C=O) groups is 2. The van der Waals surface area contributed by atoms with Gasteiger partial charge in [-0.3, -0.25) is 13.9 Å². The highest BCUT2D eigenvalue weighted by atomic mass is 79.9. The molecule has 8 nitrogen and oxygen atoms in total. The minimum atomic E-state index is -4.10. The molecule has 0 aromatic heterocycles. The topological polar surface area (TPSA) is 96.0 Å². The summed E-state index contributed by atoms with van der Waals surface area (Å²) in [5, 5.41) is 2.83. The third-order valence-electron chi connectivity index (χ3n) is 5.95. The predicted octanol–water partition coefficient (Wildman–Crippen LogP) is 4.60. The summed E-state index contributed by atoms with van der Waals surface area (Å²) in [7, 11) is -2.59. The fourth-order valence-electron chi connectivity index (χ4n) is 3.76. The van der Waals surface area contributed by atoms with Crippen LogP contribution in [-0.2, 0) is 26.2 Å². The molecule has 0 aliphatic rings. The molecule has 0 spiro atoms. The standard InChI is InChI=1S/C28H32BrN3O5S/c1-4-18-30-28(34)21(2)31(19-22-10-12-23(29)13-11-22)27(33)20-32(24-14-16-25(37-3)17-15-24)38(35,36)26-8-6-5-7-9-26/h5-17,21H,4,18-20H2,1-3H3,(H,30,34). The van der Waals surface area contributed by atoms with Gasteiger partial charge >= 0.3 is 0 Å². The zero-order valence-corrected chi connectivity index (χ0v) is 24.0. The lowest BCUT2D eigenvalue weighted by atomic mass is 10.1. The lowest BCUT2D eigenvalue weighted by Gasteiger charge is -2.32. The van der Waals surface area contributed by atoms with Gasteiger partial charge in [-0.1, -0.05) is 53.2 Å². The minimum absolute atomic E-state index is 0.0526. The van der Waals surface area contributed by atoms with Crippen molar-refractivity contribution in [3.8, 4) is 5.75 Å². The average molecular weight is 603 g/mol. The molecular formula is C28H32BrN3O5S. The Hall–Kier alpha value is -3.37. The van der Waals surface area contributed by atoms with Crippen LogP contribution in [0.2, 0.25) is 0 Å². The Kier molecular flexibility index (Phi) is 10.3. The molecule has 0 heterocycles. The molecule has 202 valence electrons. The fourth-order valence-corrected chi connectivity index (χ4v) is 5.46. The number of nitrogens with zero attached hydrogens (tertiary/aromatic N) is 2. The number of anilines is 1. The SMILES string of the molecule is CCCNC(=O)C(C)N(Cc1ccc(Br)cc1)C(=O)CN(c1ccc(OC)cc1)S(=O)(=O)c1ccccc1. The molecular weight excluding hydrogens is 570 g/mol. The van der Waals surface area contributed by atoms with E-state index in [9.17, 15) is 18.0 Å². The van der Waals surface area contributed by atoms with Crippen molar-refractivity contribution < 1.29 is 22.7 Å². The Morgan fingerprint density at radius 3 is 2.18 bits per heavy atom. The maximum absolute atomic E-state index is 13.8. The van der Waals surface area contributed by atoms with E-state index in [0.717, 1.165) is 20.8 Å². The first-order valence-electron chi connectivity index (χ1n) is 12.2. The first kappa shape index (κ1) is 29.2. The number of carbonyl (C=O) groups excluding carboxylic acids is 2. The highest BCUT2D eigenvalue weighted by Crippen LogP contribution is 2.26. The van der Waals surface area contributed by atoms with Crippen LogP contribution < -0.4 is 14.4 Å². The second-order valence-corrected chi connectivity index (χ2v) is 11.4. The van der Waals surface area contributed by atoms with Crippen molar-refractivity contribution in [2.75, 3.05) is 24.5 Å². The van der Waals surface area contributed by atoms with Gasteiger partial charge in [-0.15, -0.1) is 0 Å². The van der Waals surface area contributed by atoms with Gasteiger partial charge in [0, 0.05) is 17.6 Å². The van der Waals surface area contributed by atoms with Crippen molar-refractivity contribution in [1.82, 2.24) is 10.2 Å².